The SMILES string of the molecule is CC(C)(C)OC(=O)N[C@H]1CCCCC/C=C\[C@@H]2C[C@@]2(C(=O)NS(=O)(=O)C2(Cc3ccccc3)CC2)NC(=O)[C@@H]2C[C@@H](Oc3nccc4ccccc34)CN2C1=O. The van der Waals surface area contributed by atoms with E-state index in [1.165, 1.54) is 4.90 Å². The van der Waals surface area contributed by atoms with Gasteiger partial charge in [0.2, 0.25) is 27.7 Å². The van der Waals surface area contributed by atoms with Crippen molar-refractivity contribution in [3.63, 3.8) is 0 Å². The molecule has 1 aromatic heterocycles. The smallest absolute Gasteiger partial charge is 0.408 e. The maximum Gasteiger partial charge on any atom is 0.408 e. The molecule has 3 aromatic rings. The van der Waals surface area contributed by atoms with E-state index in [1.807, 2.05) is 72.8 Å². The monoisotopic (exact) mass is 785 g/mol. The molecule has 3 heterocycles. The Kier molecular flexibility index (Phi) is 10.9. The van der Waals surface area contributed by atoms with Crippen LogP contribution in [0.25, 0.3) is 10.8 Å². The van der Waals surface area contributed by atoms with Gasteiger partial charge in [-0.25, -0.2) is 18.2 Å². The molecule has 0 unspecified atom stereocenters. The predicted octanol–water partition coefficient (Wildman–Crippen LogP) is 5.09. The van der Waals surface area contributed by atoms with Gasteiger partial charge in [-0.1, -0.05) is 73.5 Å². The Morgan fingerprint density at radius 3 is 2.50 bits per heavy atom. The van der Waals surface area contributed by atoms with Crippen LogP contribution in [0.15, 0.2) is 79.0 Å². The van der Waals surface area contributed by atoms with E-state index in [0.29, 0.717) is 38.0 Å². The van der Waals surface area contributed by atoms with E-state index < -0.39 is 73.8 Å². The Morgan fingerprint density at radius 1 is 1.00 bits per heavy atom. The number of benzene rings is 2. The number of amides is 4. The normalized spacial score (nSPS) is 27.0. The fourth-order valence-corrected chi connectivity index (χ4v) is 9.57. The molecule has 298 valence electrons. The van der Waals surface area contributed by atoms with Gasteiger partial charge < -0.3 is 25.0 Å². The third kappa shape index (κ3) is 8.54. The van der Waals surface area contributed by atoms with Gasteiger partial charge in [0.15, 0.2) is 0 Å². The second-order valence-corrected chi connectivity index (χ2v) is 18.7. The van der Waals surface area contributed by atoms with Gasteiger partial charge in [-0.2, -0.15) is 0 Å². The third-order valence-corrected chi connectivity index (χ3v) is 13.4. The summed E-state index contributed by atoms with van der Waals surface area (Å²) in [6, 6.07) is 16.7. The zero-order chi connectivity index (χ0) is 39.7. The van der Waals surface area contributed by atoms with Crippen molar-refractivity contribution in [3.8, 4) is 5.88 Å². The number of rotatable bonds is 8. The predicted molar refractivity (Wildman–Crippen MR) is 210 cm³/mol. The van der Waals surface area contributed by atoms with Gasteiger partial charge in [0, 0.05) is 23.9 Å². The summed E-state index contributed by atoms with van der Waals surface area (Å²) in [5, 5.41) is 7.37. The van der Waals surface area contributed by atoms with Gasteiger partial charge in [-0.15, -0.1) is 0 Å². The van der Waals surface area contributed by atoms with Crippen LogP contribution < -0.4 is 20.1 Å². The molecule has 4 amide bonds. The molecule has 1 saturated heterocycles. The first-order valence-corrected chi connectivity index (χ1v) is 21.1. The van der Waals surface area contributed by atoms with Gasteiger partial charge in [-0.05, 0) is 88.8 Å². The number of aromatic nitrogens is 1. The minimum Gasteiger partial charge on any atom is -0.472 e. The van der Waals surface area contributed by atoms with Crippen molar-refractivity contribution in [2.45, 2.75) is 119 Å². The Hall–Kier alpha value is -4.98. The van der Waals surface area contributed by atoms with E-state index >= 15 is 0 Å². The van der Waals surface area contributed by atoms with E-state index in [0.717, 1.165) is 29.2 Å². The first-order chi connectivity index (χ1) is 26.7. The highest BCUT2D eigenvalue weighted by Crippen LogP contribution is 2.49. The molecule has 56 heavy (non-hydrogen) atoms. The van der Waals surface area contributed by atoms with Crippen LogP contribution in [0.3, 0.4) is 0 Å². The van der Waals surface area contributed by atoms with Crippen LogP contribution in [-0.2, 0) is 35.6 Å². The number of nitrogens with one attached hydrogen (secondary N) is 3. The van der Waals surface area contributed by atoms with Crippen LogP contribution >= 0.6 is 0 Å². The van der Waals surface area contributed by atoms with Gasteiger partial charge in [-0.3, -0.25) is 19.1 Å². The fourth-order valence-electron chi connectivity index (χ4n) is 7.93. The molecular weight excluding hydrogens is 735 g/mol. The standard InChI is InChI=1S/C42H51N5O8S/c1-40(2,3)55-39(51)44-33-19-11-6-4-5-10-17-30-26-42(30,38(50)46-56(52,53)41(21-22-41)25-28-14-8-7-9-15-28)45-35(48)34-24-31(27-47(34)37(33)49)54-36-32-18-13-12-16-29(32)20-23-43-36/h7-10,12-18,20,23,30-31,33-34H,4-6,11,19,21-22,24-27H2,1-3H3,(H,44,51)(H,45,48)(H,46,50)/b17-10-/t30-,31-,33+,34+,42-/m1/s1. The molecule has 5 atom stereocenters. The van der Waals surface area contributed by atoms with Gasteiger partial charge in [0.1, 0.15) is 29.3 Å². The molecule has 3 fully saturated rings. The summed E-state index contributed by atoms with van der Waals surface area (Å²) in [5.41, 5.74) is -1.48. The van der Waals surface area contributed by atoms with Crippen molar-refractivity contribution in [2.24, 2.45) is 5.92 Å². The summed E-state index contributed by atoms with van der Waals surface area (Å²) in [6.45, 7) is 5.21. The van der Waals surface area contributed by atoms with Crippen molar-refractivity contribution in [2.75, 3.05) is 6.54 Å². The molecule has 0 radical (unpaired) electrons. The number of allylic oxidation sites excluding steroid dienone is 1. The average Bonchev–Trinajstić information content (AvgIpc) is 4.04. The second kappa shape index (κ2) is 15.5. The highest BCUT2D eigenvalue weighted by atomic mass is 32.2. The number of hydrogen-bond acceptors (Lipinski definition) is 9. The van der Waals surface area contributed by atoms with Crippen LogP contribution in [-0.4, -0.2) is 82.7 Å². The highest BCUT2D eigenvalue weighted by molar-refractivity contribution is 7.91. The number of nitrogens with zero attached hydrogens (tertiary/aromatic N) is 2. The van der Waals surface area contributed by atoms with Gasteiger partial charge >= 0.3 is 6.09 Å². The zero-order valence-electron chi connectivity index (χ0n) is 32.2. The molecule has 0 bridgehead atoms. The molecular formula is C42H51N5O8S. The minimum atomic E-state index is -4.13. The summed E-state index contributed by atoms with van der Waals surface area (Å²) in [6.07, 6.45) is 8.62. The molecule has 14 heteroatoms. The summed E-state index contributed by atoms with van der Waals surface area (Å²) in [5.74, 6) is -1.99. The lowest BCUT2D eigenvalue weighted by Crippen LogP contribution is -2.59. The summed E-state index contributed by atoms with van der Waals surface area (Å²) in [7, 11) is -4.13. The van der Waals surface area contributed by atoms with Crippen LogP contribution in [0, 0.1) is 5.92 Å². The zero-order valence-corrected chi connectivity index (χ0v) is 33.0. The molecule has 13 nitrogen and oxygen atoms in total. The van der Waals surface area contributed by atoms with Crippen molar-refractivity contribution in [3.05, 3.63) is 84.6 Å². The minimum absolute atomic E-state index is 0.00718. The quantitative estimate of drug-likeness (QED) is 0.263. The lowest BCUT2D eigenvalue weighted by Gasteiger charge is -2.30. The second-order valence-electron chi connectivity index (χ2n) is 16.6. The molecule has 4 aliphatic rings. The maximum atomic E-state index is 14.5. The molecule has 7 rings (SSSR count). The van der Waals surface area contributed by atoms with Crippen molar-refractivity contribution in [1.82, 2.24) is 25.2 Å². The largest absolute Gasteiger partial charge is 0.472 e. The molecule has 2 aromatic carbocycles. The molecule has 0 spiro atoms. The average molecular weight is 786 g/mol. The molecule has 3 N–H and O–H groups in total. The van der Waals surface area contributed by atoms with Crippen LogP contribution in [0.1, 0.15) is 84.1 Å². The summed E-state index contributed by atoms with van der Waals surface area (Å²) in [4.78, 5) is 62.1. The number of carbonyl (C=O) groups excluding carboxylic acids is 4. The van der Waals surface area contributed by atoms with Gasteiger partial charge in [0.05, 0.1) is 11.3 Å². The van der Waals surface area contributed by atoms with Gasteiger partial charge in [0.25, 0.3) is 5.91 Å². The summed E-state index contributed by atoms with van der Waals surface area (Å²) < 4.78 is 40.9. The number of carbonyl (C=O) groups is 4. The Balaban J connectivity index is 1.17. The van der Waals surface area contributed by atoms with Crippen molar-refractivity contribution < 1.29 is 37.1 Å². The van der Waals surface area contributed by atoms with Crippen LogP contribution in [0.2, 0.25) is 0 Å². The van der Waals surface area contributed by atoms with E-state index in [-0.39, 0.29) is 25.8 Å². The van der Waals surface area contributed by atoms with E-state index in [4.69, 9.17) is 9.47 Å². The van der Waals surface area contributed by atoms with Crippen LogP contribution in [0.4, 0.5) is 4.79 Å². The third-order valence-electron chi connectivity index (χ3n) is 11.2. The number of alkyl carbamates (subject to hydrolysis) is 1. The summed E-state index contributed by atoms with van der Waals surface area (Å²) >= 11 is 0. The molecule has 2 aliphatic carbocycles. The highest BCUT2D eigenvalue weighted by Gasteiger charge is 2.64. The fraction of sp³-hybridized carbons (Fsp3) is 0.500. The molecule has 2 saturated carbocycles. The van der Waals surface area contributed by atoms with E-state index in [9.17, 15) is 27.6 Å². The van der Waals surface area contributed by atoms with E-state index in [2.05, 4.69) is 20.3 Å². The van der Waals surface area contributed by atoms with Crippen molar-refractivity contribution >= 4 is 44.6 Å². The number of hydrogen-bond donors (Lipinski definition) is 3. The Bertz CT molecular complexity index is 2110. The lowest BCUT2D eigenvalue weighted by atomic mass is 10.0. The Morgan fingerprint density at radius 2 is 1.75 bits per heavy atom. The molecule has 2 aliphatic heterocycles. The van der Waals surface area contributed by atoms with Crippen LogP contribution in [0.5, 0.6) is 5.88 Å². The first-order valence-electron chi connectivity index (χ1n) is 19.6. The van der Waals surface area contributed by atoms with E-state index in [1.54, 1.807) is 27.0 Å². The van der Waals surface area contributed by atoms with Crippen molar-refractivity contribution in [1.29, 1.82) is 0 Å². The number of ether oxygens (including phenoxy) is 2. The first kappa shape index (κ1) is 39.3. The maximum absolute atomic E-state index is 14.5. The number of fused-ring (bicyclic) bond motifs is 3. The number of pyridine rings is 1. The lowest BCUT2D eigenvalue weighted by molar-refractivity contribution is -0.141. The topological polar surface area (TPSA) is 173 Å². The number of sulfonamides is 1. The Labute approximate surface area is 328 Å².